The molecule has 5 nitrogen and oxygen atoms in total. The molecule has 5 heteroatoms. The minimum absolute atomic E-state index is 0.437. The van der Waals surface area contributed by atoms with Crippen LogP contribution in [-0.4, -0.2) is 26.5 Å². The molecule has 1 unspecified atom stereocenters. The number of rotatable bonds is 5. The summed E-state index contributed by atoms with van der Waals surface area (Å²) in [6.45, 7) is 2.55. The topological polar surface area (TPSA) is 60.2 Å². The molecule has 0 aliphatic heterocycles. The molecule has 1 aromatic heterocycles. The van der Waals surface area contributed by atoms with Crippen molar-refractivity contribution in [2.45, 2.75) is 19.4 Å². The minimum Gasteiger partial charge on any atom is -0.494 e. The molecule has 0 saturated heterocycles. The van der Waals surface area contributed by atoms with Crippen molar-refractivity contribution >= 4 is 0 Å². The molecule has 0 aliphatic rings. The summed E-state index contributed by atoms with van der Waals surface area (Å²) in [5, 5.41) is 14.2. The molecule has 0 amide bonds. The third-order valence-electron chi connectivity index (χ3n) is 2.73. The van der Waals surface area contributed by atoms with Crippen LogP contribution in [0.2, 0.25) is 0 Å². The number of hydrogen-bond donors (Lipinski definition) is 1. The van der Waals surface area contributed by atoms with Gasteiger partial charge in [-0.15, -0.1) is 0 Å². The highest BCUT2D eigenvalue weighted by Crippen LogP contribution is 2.21. The first-order valence-corrected chi connectivity index (χ1v) is 5.94. The zero-order valence-corrected chi connectivity index (χ0v) is 10.6. The Labute approximate surface area is 106 Å². The van der Waals surface area contributed by atoms with Crippen LogP contribution in [0.4, 0.5) is 0 Å². The molecule has 1 N–H and O–H groups in total. The molecular formula is C13H17N3O2. The fraction of sp³-hybridized carbons (Fsp3) is 0.385. The Hall–Kier alpha value is -1.88. The molecule has 0 radical (unpaired) electrons. The molecule has 0 saturated carbocycles. The van der Waals surface area contributed by atoms with Gasteiger partial charge in [0, 0.05) is 13.5 Å². The van der Waals surface area contributed by atoms with Gasteiger partial charge in [-0.05, 0) is 24.6 Å². The van der Waals surface area contributed by atoms with Crippen molar-refractivity contribution in [1.82, 2.24) is 14.8 Å². The van der Waals surface area contributed by atoms with Crippen LogP contribution in [0.25, 0.3) is 0 Å². The van der Waals surface area contributed by atoms with Gasteiger partial charge >= 0.3 is 0 Å². The summed E-state index contributed by atoms with van der Waals surface area (Å²) in [5.74, 6) is 1.52. The standard InChI is InChI=1S/C13H17N3O2/c1-3-18-11-6-4-5-10(7-11)12(17)8-13-14-9-15-16(13)2/h4-7,9,12,17H,3,8H2,1-2H3. The lowest BCUT2D eigenvalue weighted by Crippen LogP contribution is -2.07. The van der Waals surface area contributed by atoms with E-state index in [4.69, 9.17) is 4.74 Å². The van der Waals surface area contributed by atoms with Gasteiger partial charge in [0.2, 0.25) is 0 Å². The van der Waals surface area contributed by atoms with Crippen LogP contribution >= 0.6 is 0 Å². The number of nitrogens with zero attached hydrogens (tertiary/aromatic N) is 3. The van der Waals surface area contributed by atoms with Crippen molar-refractivity contribution in [2.75, 3.05) is 6.61 Å². The van der Waals surface area contributed by atoms with E-state index >= 15 is 0 Å². The third kappa shape index (κ3) is 2.87. The molecule has 0 fully saturated rings. The van der Waals surface area contributed by atoms with Gasteiger partial charge in [0.1, 0.15) is 17.9 Å². The average molecular weight is 247 g/mol. The number of aliphatic hydroxyl groups is 1. The van der Waals surface area contributed by atoms with Gasteiger partial charge in [0.15, 0.2) is 0 Å². The number of ether oxygens (including phenoxy) is 1. The van der Waals surface area contributed by atoms with Crippen molar-refractivity contribution < 1.29 is 9.84 Å². The predicted octanol–water partition coefficient (Wildman–Crippen LogP) is 1.49. The first kappa shape index (κ1) is 12.6. The van der Waals surface area contributed by atoms with Crippen LogP contribution in [0.1, 0.15) is 24.4 Å². The van der Waals surface area contributed by atoms with Crippen molar-refractivity contribution in [3.63, 3.8) is 0 Å². The Morgan fingerprint density at radius 1 is 1.44 bits per heavy atom. The van der Waals surface area contributed by atoms with Gasteiger partial charge in [-0.25, -0.2) is 4.98 Å². The van der Waals surface area contributed by atoms with Crippen LogP contribution in [0, 0.1) is 0 Å². The predicted molar refractivity (Wildman–Crippen MR) is 67.3 cm³/mol. The smallest absolute Gasteiger partial charge is 0.138 e. The Kier molecular flexibility index (Phi) is 3.94. The molecular weight excluding hydrogens is 230 g/mol. The fourth-order valence-corrected chi connectivity index (χ4v) is 1.77. The van der Waals surface area contributed by atoms with E-state index in [0.717, 1.165) is 17.1 Å². The van der Waals surface area contributed by atoms with Crippen LogP contribution in [0.5, 0.6) is 5.75 Å². The van der Waals surface area contributed by atoms with Crippen molar-refractivity contribution in [3.8, 4) is 5.75 Å². The summed E-state index contributed by atoms with van der Waals surface area (Å²) >= 11 is 0. The van der Waals surface area contributed by atoms with Gasteiger partial charge in [0.25, 0.3) is 0 Å². The van der Waals surface area contributed by atoms with Crippen molar-refractivity contribution in [2.24, 2.45) is 7.05 Å². The summed E-state index contributed by atoms with van der Waals surface area (Å²) in [5.41, 5.74) is 0.823. The van der Waals surface area contributed by atoms with E-state index in [2.05, 4.69) is 10.1 Å². The van der Waals surface area contributed by atoms with Crippen molar-refractivity contribution in [3.05, 3.63) is 42.0 Å². The SMILES string of the molecule is CCOc1cccc(C(O)Cc2ncnn2C)c1. The zero-order chi connectivity index (χ0) is 13.0. The van der Waals surface area contributed by atoms with Crippen LogP contribution < -0.4 is 4.74 Å². The molecule has 96 valence electrons. The zero-order valence-electron chi connectivity index (χ0n) is 10.6. The second kappa shape index (κ2) is 5.64. The molecule has 0 spiro atoms. The maximum atomic E-state index is 10.2. The summed E-state index contributed by atoms with van der Waals surface area (Å²) in [4.78, 5) is 4.10. The number of aliphatic hydroxyl groups excluding tert-OH is 1. The lowest BCUT2D eigenvalue weighted by atomic mass is 10.1. The van der Waals surface area contributed by atoms with Gasteiger partial charge in [0.05, 0.1) is 12.7 Å². The largest absolute Gasteiger partial charge is 0.494 e. The lowest BCUT2D eigenvalue weighted by molar-refractivity contribution is 0.174. The van der Waals surface area contributed by atoms with Crippen LogP contribution in [0.15, 0.2) is 30.6 Å². The molecule has 1 aromatic carbocycles. The number of aromatic nitrogens is 3. The average Bonchev–Trinajstić information content (AvgIpc) is 2.76. The van der Waals surface area contributed by atoms with E-state index in [-0.39, 0.29) is 0 Å². The van der Waals surface area contributed by atoms with Crippen molar-refractivity contribution in [1.29, 1.82) is 0 Å². The second-order valence-electron chi connectivity index (χ2n) is 4.03. The normalized spacial score (nSPS) is 12.4. The maximum Gasteiger partial charge on any atom is 0.138 e. The lowest BCUT2D eigenvalue weighted by Gasteiger charge is -2.12. The van der Waals surface area contributed by atoms with Crippen LogP contribution in [0.3, 0.4) is 0 Å². The highest BCUT2D eigenvalue weighted by atomic mass is 16.5. The molecule has 1 atom stereocenters. The first-order chi connectivity index (χ1) is 8.70. The van der Waals surface area contributed by atoms with E-state index in [1.165, 1.54) is 6.33 Å². The van der Waals surface area contributed by atoms with E-state index < -0.39 is 6.10 Å². The Morgan fingerprint density at radius 2 is 2.28 bits per heavy atom. The van der Waals surface area contributed by atoms with Gasteiger partial charge in [-0.1, -0.05) is 12.1 Å². The summed E-state index contributed by atoms with van der Waals surface area (Å²) in [6.07, 6.45) is 1.32. The Morgan fingerprint density at radius 3 is 2.94 bits per heavy atom. The third-order valence-corrected chi connectivity index (χ3v) is 2.73. The molecule has 1 heterocycles. The molecule has 0 bridgehead atoms. The monoisotopic (exact) mass is 247 g/mol. The van der Waals surface area contributed by atoms with E-state index in [1.807, 2.05) is 38.2 Å². The van der Waals surface area contributed by atoms with Gasteiger partial charge in [-0.2, -0.15) is 5.10 Å². The second-order valence-corrected chi connectivity index (χ2v) is 4.03. The van der Waals surface area contributed by atoms with E-state index in [0.29, 0.717) is 13.0 Å². The fourth-order valence-electron chi connectivity index (χ4n) is 1.77. The number of benzene rings is 1. The minimum atomic E-state index is -0.603. The molecule has 2 aromatic rings. The van der Waals surface area contributed by atoms with E-state index in [9.17, 15) is 5.11 Å². The first-order valence-electron chi connectivity index (χ1n) is 5.94. The highest BCUT2D eigenvalue weighted by molar-refractivity contribution is 5.30. The molecule has 2 rings (SSSR count). The summed E-state index contributed by atoms with van der Waals surface area (Å²) in [6, 6.07) is 7.48. The quantitative estimate of drug-likeness (QED) is 0.869. The highest BCUT2D eigenvalue weighted by Gasteiger charge is 2.12. The Balaban J connectivity index is 2.11. The van der Waals surface area contributed by atoms with Crippen LogP contribution in [-0.2, 0) is 13.5 Å². The summed E-state index contributed by atoms with van der Waals surface area (Å²) in [7, 11) is 1.81. The number of hydrogen-bond acceptors (Lipinski definition) is 4. The maximum absolute atomic E-state index is 10.2. The van der Waals surface area contributed by atoms with E-state index in [1.54, 1.807) is 4.68 Å². The summed E-state index contributed by atoms with van der Waals surface area (Å²) < 4.78 is 7.07. The Bertz CT molecular complexity index is 510. The van der Waals surface area contributed by atoms with Gasteiger partial charge < -0.3 is 9.84 Å². The van der Waals surface area contributed by atoms with Gasteiger partial charge in [-0.3, -0.25) is 4.68 Å². The number of aryl methyl sites for hydroxylation is 1. The molecule has 0 aliphatic carbocycles. The molecule has 18 heavy (non-hydrogen) atoms.